The number of hydrogen-bond donors (Lipinski definition) is 1. The lowest BCUT2D eigenvalue weighted by Crippen LogP contribution is -2.43. The molecule has 0 aliphatic carbocycles. The fourth-order valence-corrected chi connectivity index (χ4v) is 2.80. The predicted octanol–water partition coefficient (Wildman–Crippen LogP) is 3.34. The normalized spacial score (nSPS) is 21.0. The Labute approximate surface area is 138 Å². The summed E-state index contributed by atoms with van der Waals surface area (Å²) in [5.74, 6) is 1.03. The quantitative estimate of drug-likeness (QED) is 0.901. The topological polar surface area (TPSA) is 69.4 Å². The second-order valence-corrected chi connectivity index (χ2v) is 5.88. The molecule has 1 N–H and O–H groups in total. The maximum Gasteiger partial charge on any atom is 0.387 e. The highest BCUT2D eigenvalue weighted by Gasteiger charge is 2.34. The minimum atomic E-state index is -2.92. The van der Waals surface area contributed by atoms with Crippen LogP contribution in [0.5, 0.6) is 11.5 Å². The number of hydrogen-bond acceptors (Lipinski definition) is 6. The van der Waals surface area contributed by atoms with E-state index in [0.717, 1.165) is 25.8 Å². The minimum absolute atomic E-state index is 0.0409. The molecule has 0 radical (unpaired) electrons. The molecule has 0 amide bonds. The number of alkyl halides is 2. The van der Waals surface area contributed by atoms with Crippen LogP contribution in [0.1, 0.15) is 32.1 Å². The van der Waals surface area contributed by atoms with E-state index >= 15 is 0 Å². The van der Waals surface area contributed by atoms with Gasteiger partial charge in [-0.25, -0.2) is 0 Å². The number of nitrogens with zero attached hydrogens (tertiary/aromatic N) is 2. The monoisotopic (exact) mass is 339 g/mol. The van der Waals surface area contributed by atoms with Crippen LogP contribution in [-0.4, -0.2) is 30.4 Å². The molecule has 1 saturated heterocycles. The molecular formula is C16H19F2N3O3. The summed E-state index contributed by atoms with van der Waals surface area (Å²) in [4.78, 5) is 4.46. The van der Waals surface area contributed by atoms with E-state index in [2.05, 4.69) is 20.2 Å². The number of nitrogens with one attached hydrogen (secondary N) is 1. The maximum absolute atomic E-state index is 12.4. The van der Waals surface area contributed by atoms with Crippen molar-refractivity contribution in [3.63, 3.8) is 0 Å². The van der Waals surface area contributed by atoms with Crippen LogP contribution in [-0.2, 0) is 5.54 Å². The smallest absolute Gasteiger partial charge is 0.387 e. The second-order valence-electron chi connectivity index (χ2n) is 5.88. The van der Waals surface area contributed by atoms with E-state index in [0.29, 0.717) is 17.3 Å². The Hall–Kier alpha value is -2.22. The fraction of sp³-hybridized carbons (Fsp3) is 0.500. The molecule has 2 aromatic rings. The van der Waals surface area contributed by atoms with E-state index in [9.17, 15) is 8.78 Å². The third-order valence-electron chi connectivity index (χ3n) is 4.15. The molecule has 1 aromatic carbocycles. The van der Waals surface area contributed by atoms with Gasteiger partial charge < -0.3 is 19.3 Å². The average Bonchev–Trinajstić information content (AvgIpc) is 3.06. The van der Waals surface area contributed by atoms with Crippen molar-refractivity contribution in [3.8, 4) is 22.9 Å². The summed E-state index contributed by atoms with van der Waals surface area (Å²) in [7, 11) is 1.38. The number of piperidine rings is 1. The van der Waals surface area contributed by atoms with Gasteiger partial charge in [-0.3, -0.25) is 0 Å². The van der Waals surface area contributed by atoms with Gasteiger partial charge in [-0.2, -0.15) is 13.8 Å². The van der Waals surface area contributed by atoms with E-state index in [1.54, 1.807) is 12.1 Å². The molecule has 24 heavy (non-hydrogen) atoms. The van der Waals surface area contributed by atoms with Crippen LogP contribution >= 0.6 is 0 Å². The Balaban J connectivity index is 1.87. The first-order chi connectivity index (χ1) is 11.5. The van der Waals surface area contributed by atoms with Gasteiger partial charge in [0.25, 0.3) is 0 Å². The highest BCUT2D eigenvalue weighted by Crippen LogP contribution is 2.34. The summed E-state index contributed by atoms with van der Waals surface area (Å²) in [6.07, 6.45) is 3.13. The standard InChI is InChI=1S/C16H19F2N3O3/c1-16(7-3-4-8-19-16)14-20-13(21-24-14)10-5-6-11(23-15(17)18)12(9-10)22-2/h5-6,9,15,19H,3-4,7-8H2,1-2H3. The summed E-state index contributed by atoms with van der Waals surface area (Å²) in [6, 6.07) is 4.53. The van der Waals surface area contributed by atoms with Gasteiger partial charge in [0.05, 0.1) is 12.6 Å². The number of ether oxygens (including phenoxy) is 2. The van der Waals surface area contributed by atoms with Crippen LogP contribution in [0.15, 0.2) is 22.7 Å². The van der Waals surface area contributed by atoms with Gasteiger partial charge in [-0.1, -0.05) is 5.16 Å². The third-order valence-corrected chi connectivity index (χ3v) is 4.15. The van der Waals surface area contributed by atoms with Crippen molar-refractivity contribution in [2.24, 2.45) is 0 Å². The van der Waals surface area contributed by atoms with E-state index in [-0.39, 0.29) is 17.0 Å². The van der Waals surface area contributed by atoms with Gasteiger partial charge in [0.2, 0.25) is 11.7 Å². The SMILES string of the molecule is COc1cc(-c2noc(C3(C)CCCCN3)n2)ccc1OC(F)F. The molecular weight excluding hydrogens is 320 g/mol. The molecule has 1 aromatic heterocycles. The van der Waals surface area contributed by atoms with Crippen LogP contribution in [0, 0.1) is 0 Å². The number of methoxy groups -OCH3 is 1. The van der Waals surface area contributed by atoms with Crippen molar-refractivity contribution in [3.05, 3.63) is 24.1 Å². The van der Waals surface area contributed by atoms with Crippen molar-refractivity contribution < 1.29 is 22.8 Å². The molecule has 1 fully saturated rings. The van der Waals surface area contributed by atoms with Gasteiger partial charge in [-0.05, 0) is 50.9 Å². The first-order valence-electron chi connectivity index (χ1n) is 7.74. The minimum Gasteiger partial charge on any atom is -0.493 e. The Kier molecular flexibility index (Phi) is 4.66. The lowest BCUT2D eigenvalue weighted by atomic mass is 9.91. The molecule has 0 saturated carbocycles. The Morgan fingerprint density at radius 1 is 1.29 bits per heavy atom. The molecule has 130 valence electrons. The maximum atomic E-state index is 12.4. The Morgan fingerprint density at radius 3 is 2.79 bits per heavy atom. The molecule has 3 rings (SSSR count). The Morgan fingerprint density at radius 2 is 2.12 bits per heavy atom. The highest BCUT2D eigenvalue weighted by atomic mass is 19.3. The zero-order chi connectivity index (χ0) is 17.2. The summed E-state index contributed by atoms with van der Waals surface area (Å²) < 4.78 is 39.7. The van der Waals surface area contributed by atoms with Gasteiger partial charge >= 0.3 is 6.61 Å². The largest absolute Gasteiger partial charge is 0.493 e. The van der Waals surface area contributed by atoms with Crippen LogP contribution in [0.2, 0.25) is 0 Å². The molecule has 0 spiro atoms. The first-order valence-corrected chi connectivity index (χ1v) is 7.74. The van der Waals surface area contributed by atoms with Gasteiger partial charge in [-0.15, -0.1) is 0 Å². The van der Waals surface area contributed by atoms with Gasteiger partial charge in [0.15, 0.2) is 11.5 Å². The fourth-order valence-electron chi connectivity index (χ4n) is 2.80. The van der Waals surface area contributed by atoms with Crippen LogP contribution in [0.25, 0.3) is 11.4 Å². The lowest BCUT2D eigenvalue weighted by Gasteiger charge is -2.31. The zero-order valence-corrected chi connectivity index (χ0v) is 13.5. The van der Waals surface area contributed by atoms with Crippen molar-refractivity contribution in [2.75, 3.05) is 13.7 Å². The van der Waals surface area contributed by atoms with Crippen molar-refractivity contribution in [2.45, 2.75) is 38.3 Å². The van der Waals surface area contributed by atoms with Crippen molar-refractivity contribution in [1.29, 1.82) is 0 Å². The first kappa shape index (κ1) is 16.6. The second kappa shape index (κ2) is 6.72. The number of rotatable bonds is 5. The van der Waals surface area contributed by atoms with E-state index in [4.69, 9.17) is 9.26 Å². The average molecular weight is 339 g/mol. The highest BCUT2D eigenvalue weighted by molar-refractivity contribution is 5.60. The zero-order valence-electron chi connectivity index (χ0n) is 13.5. The van der Waals surface area contributed by atoms with Crippen LogP contribution in [0.4, 0.5) is 8.78 Å². The molecule has 1 aliphatic heterocycles. The molecule has 1 unspecified atom stereocenters. The molecule has 1 atom stereocenters. The Bertz CT molecular complexity index is 700. The summed E-state index contributed by atoms with van der Waals surface area (Å²) in [6.45, 7) is 0.0181. The molecule has 1 aliphatic rings. The number of halogens is 2. The molecule has 8 heteroatoms. The number of aromatic nitrogens is 2. The van der Waals surface area contributed by atoms with E-state index in [1.807, 2.05) is 6.92 Å². The van der Waals surface area contributed by atoms with E-state index in [1.165, 1.54) is 13.2 Å². The van der Waals surface area contributed by atoms with Crippen LogP contribution < -0.4 is 14.8 Å². The molecule has 0 bridgehead atoms. The van der Waals surface area contributed by atoms with Crippen LogP contribution in [0.3, 0.4) is 0 Å². The number of benzene rings is 1. The summed E-state index contributed by atoms with van der Waals surface area (Å²) in [5.41, 5.74) is 0.259. The lowest BCUT2D eigenvalue weighted by molar-refractivity contribution is -0.0512. The summed E-state index contributed by atoms with van der Waals surface area (Å²) >= 11 is 0. The van der Waals surface area contributed by atoms with Crippen molar-refractivity contribution >= 4 is 0 Å². The third kappa shape index (κ3) is 3.33. The van der Waals surface area contributed by atoms with Crippen molar-refractivity contribution in [1.82, 2.24) is 15.5 Å². The van der Waals surface area contributed by atoms with Gasteiger partial charge in [0.1, 0.15) is 0 Å². The van der Waals surface area contributed by atoms with E-state index < -0.39 is 6.61 Å². The molecule has 2 heterocycles. The molecule has 6 nitrogen and oxygen atoms in total. The summed E-state index contributed by atoms with van der Waals surface area (Å²) in [5, 5.41) is 7.41. The predicted molar refractivity (Wildman–Crippen MR) is 82.1 cm³/mol. The van der Waals surface area contributed by atoms with Gasteiger partial charge in [0, 0.05) is 5.56 Å².